The zero-order valence-electron chi connectivity index (χ0n) is 10.1. The summed E-state index contributed by atoms with van der Waals surface area (Å²) in [6.07, 6.45) is -0.606. The summed E-state index contributed by atoms with van der Waals surface area (Å²) in [5, 5.41) is 10.2. The molecule has 0 saturated heterocycles. The molecule has 17 heavy (non-hydrogen) atoms. The monoisotopic (exact) mass is 228 g/mol. The Bertz CT molecular complexity index is 489. The van der Waals surface area contributed by atoms with Crippen molar-refractivity contribution in [1.82, 2.24) is 0 Å². The molecule has 2 heteroatoms. The highest BCUT2D eigenvalue weighted by Gasteiger charge is 2.10. The molecular weight excluding hydrogens is 212 g/mol. The number of aliphatic hydroxyl groups excluding tert-OH is 1. The molecule has 0 aliphatic heterocycles. The molecule has 0 aliphatic rings. The van der Waals surface area contributed by atoms with Crippen molar-refractivity contribution >= 4 is 0 Å². The van der Waals surface area contributed by atoms with Crippen LogP contribution in [-0.4, -0.2) is 12.2 Å². The lowest BCUT2D eigenvalue weighted by atomic mass is 10.0. The van der Waals surface area contributed by atoms with E-state index < -0.39 is 6.10 Å². The molecule has 0 fully saturated rings. The predicted octanol–water partition coefficient (Wildman–Crippen LogP) is 3.09. The van der Waals surface area contributed by atoms with Crippen molar-refractivity contribution in [2.24, 2.45) is 0 Å². The molecule has 88 valence electrons. The Kier molecular flexibility index (Phi) is 3.45. The van der Waals surface area contributed by atoms with Gasteiger partial charge in [0, 0.05) is 0 Å². The molecule has 2 aromatic rings. The van der Waals surface area contributed by atoms with Gasteiger partial charge in [0.2, 0.25) is 0 Å². The third-order valence-corrected chi connectivity index (χ3v) is 2.80. The summed E-state index contributed by atoms with van der Waals surface area (Å²) in [7, 11) is 1.62. The Hall–Kier alpha value is -1.80. The zero-order chi connectivity index (χ0) is 12.3. The second-order valence-electron chi connectivity index (χ2n) is 4.09. The van der Waals surface area contributed by atoms with Crippen LogP contribution in [0.4, 0.5) is 0 Å². The van der Waals surface area contributed by atoms with Crippen molar-refractivity contribution < 1.29 is 9.84 Å². The van der Waals surface area contributed by atoms with Crippen LogP contribution in [0.25, 0.3) is 0 Å². The minimum absolute atomic E-state index is 0.606. The average Bonchev–Trinajstić information content (AvgIpc) is 2.39. The third-order valence-electron chi connectivity index (χ3n) is 2.80. The molecule has 0 saturated carbocycles. The predicted molar refractivity (Wildman–Crippen MR) is 68.2 cm³/mol. The van der Waals surface area contributed by atoms with Crippen LogP contribution in [0.5, 0.6) is 5.75 Å². The third kappa shape index (κ3) is 2.66. The first kappa shape index (κ1) is 11.7. The highest BCUT2D eigenvalue weighted by Crippen LogP contribution is 2.25. The van der Waals surface area contributed by atoms with E-state index in [0.29, 0.717) is 0 Å². The quantitative estimate of drug-likeness (QED) is 0.874. The van der Waals surface area contributed by atoms with Crippen molar-refractivity contribution in [3.63, 3.8) is 0 Å². The number of aliphatic hydroxyl groups is 1. The zero-order valence-corrected chi connectivity index (χ0v) is 10.1. The molecule has 0 radical (unpaired) electrons. The fraction of sp³-hybridized carbons (Fsp3) is 0.200. The number of rotatable bonds is 3. The van der Waals surface area contributed by atoms with E-state index in [-0.39, 0.29) is 0 Å². The van der Waals surface area contributed by atoms with Crippen LogP contribution in [0, 0.1) is 6.92 Å². The lowest BCUT2D eigenvalue weighted by Crippen LogP contribution is -1.99. The van der Waals surface area contributed by atoms with Crippen LogP contribution in [0.3, 0.4) is 0 Å². The normalized spacial score (nSPS) is 12.2. The van der Waals surface area contributed by atoms with E-state index in [4.69, 9.17) is 4.74 Å². The second kappa shape index (κ2) is 5.02. The molecular formula is C15H16O2. The van der Waals surface area contributed by atoms with Crippen LogP contribution >= 0.6 is 0 Å². The van der Waals surface area contributed by atoms with E-state index in [9.17, 15) is 5.11 Å². The second-order valence-corrected chi connectivity index (χ2v) is 4.09. The lowest BCUT2D eigenvalue weighted by molar-refractivity contribution is 0.220. The van der Waals surface area contributed by atoms with Gasteiger partial charge in [-0.3, -0.25) is 0 Å². The summed E-state index contributed by atoms with van der Waals surface area (Å²) in [6.45, 7) is 2.03. The maximum atomic E-state index is 10.2. The van der Waals surface area contributed by atoms with E-state index in [1.54, 1.807) is 7.11 Å². The first-order chi connectivity index (χ1) is 8.20. The first-order valence-electron chi connectivity index (χ1n) is 5.59. The van der Waals surface area contributed by atoms with Crippen LogP contribution in [0.2, 0.25) is 0 Å². The van der Waals surface area contributed by atoms with Gasteiger partial charge in [-0.2, -0.15) is 0 Å². The molecule has 0 aromatic heterocycles. The fourth-order valence-corrected chi connectivity index (χ4v) is 1.75. The fourth-order valence-electron chi connectivity index (χ4n) is 1.75. The number of hydrogen-bond donors (Lipinski definition) is 1. The summed E-state index contributed by atoms with van der Waals surface area (Å²) in [5.41, 5.74) is 2.92. The number of aryl methyl sites for hydroxylation is 1. The van der Waals surface area contributed by atoms with Crippen LogP contribution in [-0.2, 0) is 0 Å². The molecule has 1 atom stereocenters. The van der Waals surface area contributed by atoms with Crippen molar-refractivity contribution in [3.05, 3.63) is 65.2 Å². The number of hydrogen-bond acceptors (Lipinski definition) is 2. The van der Waals surface area contributed by atoms with Crippen molar-refractivity contribution in [2.45, 2.75) is 13.0 Å². The summed E-state index contributed by atoms with van der Waals surface area (Å²) in [5.74, 6) is 0.758. The Morgan fingerprint density at radius 2 is 1.71 bits per heavy atom. The molecule has 0 aliphatic carbocycles. The van der Waals surface area contributed by atoms with Gasteiger partial charge < -0.3 is 9.84 Å². The SMILES string of the molecule is COc1cccc([C@H](O)c2ccc(C)cc2)c1. The molecule has 1 N–H and O–H groups in total. The van der Waals surface area contributed by atoms with Crippen molar-refractivity contribution in [3.8, 4) is 5.75 Å². The maximum absolute atomic E-state index is 10.2. The molecule has 0 bridgehead atoms. The Labute approximate surface area is 101 Å². The maximum Gasteiger partial charge on any atom is 0.119 e. The van der Waals surface area contributed by atoms with E-state index in [2.05, 4.69) is 0 Å². The van der Waals surface area contributed by atoms with Gasteiger partial charge in [0.15, 0.2) is 0 Å². The number of benzene rings is 2. The summed E-state index contributed by atoms with van der Waals surface area (Å²) in [6, 6.07) is 15.4. The molecule has 0 spiro atoms. The van der Waals surface area contributed by atoms with Gasteiger partial charge >= 0.3 is 0 Å². The minimum atomic E-state index is -0.606. The smallest absolute Gasteiger partial charge is 0.119 e. The largest absolute Gasteiger partial charge is 0.497 e. The van der Waals surface area contributed by atoms with Gasteiger partial charge in [-0.05, 0) is 30.2 Å². The minimum Gasteiger partial charge on any atom is -0.497 e. The van der Waals surface area contributed by atoms with Gasteiger partial charge in [-0.25, -0.2) is 0 Å². The summed E-state index contributed by atoms with van der Waals surface area (Å²) < 4.78 is 5.15. The standard InChI is InChI=1S/C15H16O2/c1-11-6-8-12(9-7-11)15(16)13-4-3-5-14(10-13)17-2/h3-10,15-16H,1-2H3/t15-/m1/s1. The molecule has 0 unspecified atom stereocenters. The van der Waals surface area contributed by atoms with E-state index in [0.717, 1.165) is 16.9 Å². The van der Waals surface area contributed by atoms with Gasteiger partial charge in [-0.1, -0.05) is 42.0 Å². The summed E-state index contributed by atoms with van der Waals surface area (Å²) >= 11 is 0. The summed E-state index contributed by atoms with van der Waals surface area (Å²) in [4.78, 5) is 0. The van der Waals surface area contributed by atoms with E-state index >= 15 is 0 Å². The van der Waals surface area contributed by atoms with Crippen LogP contribution in [0.15, 0.2) is 48.5 Å². The van der Waals surface area contributed by atoms with Gasteiger partial charge in [-0.15, -0.1) is 0 Å². The van der Waals surface area contributed by atoms with Crippen molar-refractivity contribution in [2.75, 3.05) is 7.11 Å². The van der Waals surface area contributed by atoms with E-state index in [1.165, 1.54) is 5.56 Å². The molecule has 2 aromatic carbocycles. The van der Waals surface area contributed by atoms with Crippen LogP contribution in [0.1, 0.15) is 22.8 Å². The number of ether oxygens (including phenoxy) is 1. The molecule has 2 nitrogen and oxygen atoms in total. The topological polar surface area (TPSA) is 29.5 Å². The first-order valence-corrected chi connectivity index (χ1v) is 5.59. The van der Waals surface area contributed by atoms with Gasteiger partial charge in [0.1, 0.15) is 11.9 Å². The van der Waals surface area contributed by atoms with Gasteiger partial charge in [0.05, 0.1) is 7.11 Å². The van der Waals surface area contributed by atoms with E-state index in [1.807, 2.05) is 55.5 Å². The van der Waals surface area contributed by atoms with Gasteiger partial charge in [0.25, 0.3) is 0 Å². The highest BCUT2D eigenvalue weighted by molar-refractivity contribution is 5.35. The average molecular weight is 228 g/mol. The molecule has 0 amide bonds. The Morgan fingerprint density at radius 1 is 1.00 bits per heavy atom. The van der Waals surface area contributed by atoms with Crippen LogP contribution < -0.4 is 4.74 Å². The highest BCUT2D eigenvalue weighted by atomic mass is 16.5. The Balaban J connectivity index is 2.29. The van der Waals surface area contributed by atoms with Crippen molar-refractivity contribution in [1.29, 1.82) is 0 Å². The molecule has 2 rings (SSSR count). The Morgan fingerprint density at radius 3 is 2.35 bits per heavy atom. The lowest BCUT2D eigenvalue weighted by Gasteiger charge is -2.12. The number of methoxy groups -OCH3 is 1. The molecule has 0 heterocycles.